The molecule has 1 amide bonds. The maximum absolute atomic E-state index is 12.5. The first-order valence-corrected chi connectivity index (χ1v) is 10.3. The van der Waals surface area contributed by atoms with Crippen molar-refractivity contribution in [3.05, 3.63) is 51.3 Å². The Bertz CT molecular complexity index is 911. The summed E-state index contributed by atoms with van der Waals surface area (Å²) in [6.45, 7) is 2.56. The molecule has 3 rings (SSSR count). The van der Waals surface area contributed by atoms with Crippen molar-refractivity contribution < 1.29 is 13.2 Å². The van der Waals surface area contributed by atoms with Crippen LogP contribution in [-0.2, 0) is 10.0 Å². The number of carbonyl (C=O) groups excluding carboxylic acids is 1. The molecule has 9 heteroatoms. The Labute approximate surface area is 149 Å². The summed E-state index contributed by atoms with van der Waals surface area (Å²) in [5.41, 5.74) is 0.414. The fourth-order valence-corrected chi connectivity index (χ4v) is 5.12. The number of amides is 1. The minimum Gasteiger partial charge on any atom is -0.338 e. The lowest BCUT2D eigenvalue weighted by molar-refractivity contribution is 0.0709. The van der Waals surface area contributed by atoms with Gasteiger partial charge in [0.25, 0.3) is 11.5 Å². The second-order valence-corrected chi connectivity index (χ2v) is 8.89. The molecule has 0 atom stereocenters. The second-order valence-electron chi connectivity index (χ2n) is 6.00. The van der Waals surface area contributed by atoms with Crippen molar-refractivity contribution in [3.8, 4) is 0 Å². The quantitative estimate of drug-likeness (QED) is 0.834. The molecule has 1 fully saturated rings. The number of hydrogen-bond donors (Lipinski definition) is 2. The van der Waals surface area contributed by atoms with Crippen molar-refractivity contribution in [2.24, 2.45) is 0 Å². The zero-order valence-corrected chi connectivity index (χ0v) is 15.3. The first-order chi connectivity index (χ1) is 11.9. The summed E-state index contributed by atoms with van der Waals surface area (Å²) >= 11 is 1.17. The van der Waals surface area contributed by atoms with Gasteiger partial charge >= 0.3 is 0 Å². The van der Waals surface area contributed by atoms with E-state index >= 15 is 0 Å². The fraction of sp³-hybridized carbons (Fsp3) is 0.375. The van der Waals surface area contributed by atoms with Gasteiger partial charge in [-0.15, -0.1) is 11.3 Å². The van der Waals surface area contributed by atoms with E-state index in [4.69, 9.17) is 0 Å². The number of sulfonamides is 1. The molecule has 134 valence electrons. The van der Waals surface area contributed by atoms with E-state index in [0.717, 1.165) is 0 Å². The van der Waals surface area contributed by atoms with E-state index in [-0.39, 0.29) is 21.7 Å². The summed E-state index contributed by atoms with van der Waals surface area (Å²) in [4.78, 5) is 28.6. The standard InChI is InChI=1S/C16H19N3O4S2/c1-11-4-5-13(15(20)17-11)16(21)19-8-6-12(7-9-19)18-25(22,23)14-3-2-10-24-14/h2-5,10,12,18H,6-9H2,1H3,(H,17,20). The Kier molecular flexibility index (Phi) is 5.07. The van der Waals surface area contributed by atoms with Crippen LogP contribution in [-0.4, -0.2) is 43.3 Å². The van der Waals surface area contributed by atoms with E-state index < -0.39 is 15.6 Å². The normalized spacial score (nSPS) is 16.1. The lowest BCUT2D eigenvalue weighted by Gasteiger charge is -2.32. The van der Waals surface area contributed by atoms with Gasteiger partial charge in [0, 0.05) is 24.8 Å². The molecule has 0 aliphatic carbocycles. The highest BCUT2D eigenvalue weighted by Crippen LogP contribution is 2.19. The highest BCUT2D eigenvalue weighted by Gasteiger charge is 2.28. The molecule has 1 aliphatic heterocycles. The lowest BCUT2D eigenvalue weighted by atomic mass is 10.1. The van der Waals surface area contributed by atoms with Gasteiger partial charge in [0.05, 0.1) is 0 Å². The lowest BCUT2D eigenvalue weighted by Crippen LogP contribution is -2.47. The van der Waals surface area contributed by atoms with Gasteiger partial charge in [-0.3, -0.25) is 9.59 Å². The molecular formula is C16H19N3O4S2. The number of aromatic nitrogens is 1. The molecule has 0 spiro atoms. The summed E-state index contributed by atoms with van der Waals surface area (Å²) in [6, 6.07) is 6.26. The number of aromatic amines is 1. The Morgan fingerprint density at radius 1 is 1.28 bits per heavy atom. The molecule has 7 nitrogen and oxygen atoms in total. The molecule has 0 radical (unpaired) electrons. The fourth-order valence-electron chi connectivity index (χ4n) is 2.81. The van der Waals surface area contributed by atoms with Crippen molar-refractivity contribution >= 4 is 27.3 Å². The molecule has 2 aromatic heterocycles. The maximum atomic E-state index is 12.5. The molecule has 2 N–H and O–H groups in total. The second kappa shape index (κ2) is 7.11. The van der Waals surface area contributed by atoms with Crippen LogP contribution in [0.5, 0.6) is 0 Å². The van der Waals surface area contributed by atoms with E-state index in [9.17, 15) is 18.0 Å². The number of carbonyl (C=O) groups is 1. The molecule has 25 heavy (non-hydrogen) atoms. The molecule has 0 bridgehead atoms. The molecular weight excluding hydrogens is 362 g/mol. The summed E-state index contributed by atoms with van der Waals surface area (Å²) in [6.07, 6.45) is 1.03. The van der Waals surface area contributed by atoms with Gasteiger partial charge < -0.3 is 9.88 Å². The number of H-pyrrole nitrogens is 1. The van der Waals surface area contributed by atoms with Crippen molar-refractivity contribution in [1.82, 2.24) is 14.6 Å². The minimum absolute atomic E-state index is 0.114. The number of thiophene rings is 1. The van der Waals surface area contributed by atoms with Gasteiger partial charge in [0.2, 0.25) is 10.0 Å². The van der Waals surface area contributed by atoms with E-state index in [1.807, 2.05) is 0 Å². The number of aryl methyl sites for hydroxylation is 1. The zero-order valence-electron chi connectivity index (χ0n) is 13.7. The molecule has 0 saturated carbocycles. The smallest absolute Gasteiger partial charge is 0.260 e. The number of pyridine rings is 1. The average molecular weight is 381 g/mol. The predicted molar refractivity (Wildman–Crippen MR) is 95.4 cm³/mol. The Morgan fingerprint density at radius 3 is 2.60 bits per heavy atom. The third-order valence-corrected chi connectivity index (χ3v) is 7.07. The number of nitrogens with zero attached hydrogens (tertiary/aromatic N) is 1. The number of nitrogens with one attached hydrogen (secondary N) is 2. The van der Waals surface area contributed by atoms with Crippen LogP contribution in [0.1, 0.15) is 28.9 Å². The summed E-state index contributed by atoms with van der Waals surface area (Å²) < 4.78 is 27.5. The average Bonchev–Trinajstić information content (AvgIpc) is 3.10. The Balaban J connectivity index is 1.62. The minimum atomic E-state index is -3.51. The van der Waals surface area contributed by atoms with Gasteiger partial charge in [-0.2, -0.15) is 0 Å². The monoisotopic (exact) mass is 381 g/mol. The van der Waals surface area contributed by atoms with Crippen molar-refractivity contribution in [2.45, 2.75) is 30.0 Å². The van der Waals surface area contributed by atoms with E-state index in [0.29, 0.717) is 31.6 Å². The Morgan fingerprint density at radius 2 is 2.00 bits per heavy atom. The number of rotatable bonds is 4. The zero-order chi connectivity index (χ0) is 18.0. The van der Waals surface area contributed by atoms with Crippen LogP contribution < -0.4 is 10.3 Å². The molecule has 3 heterocycles. The summed E-state index contributed by atoms with van der Waals surface area (Å²) in [5.74, 6) is -0.319. The SMILES string of the molecule is Cc1ccc(C(=O)N2CCC(NS(=O)(=O)c3cccs3)CC2)c(=O)[nH]1. The van der Waals surface area contributed by atoms with Crippen LogP contribution in [0.25, 0.3) is 0 Å². The largest absolute Gasteiger partial charge is 0.338 e. The predicted octanol–water partition coefficient (Wildman–Crippen LogP) is 1.33. The third kappa shape index (κ3) is 4.00. The van der Waals surface area contributed by atoms with Crippen LogP contribution in [0.3, 0.4) is 0 Å². The summed E-state index contributed by atoms with van der Waals surface area (Å²) in [5, 5.41) is 1.72. The number of likely N-dealkylation sites (tertiary alicyclic amines) is 1. The number of piperidine rings is 1. The maximum Gasteiger partial charge on any atom is 0.260 e. The van der Waals surface area contributed by atoms with Crippen molar-refractivity contribution in [3.63, 3.8) is 0 Å². The van der Waals surface area contributed by atoms with Crippen LogP contribution in [0.2, 0.25) is 0 Å². The highest BCUT2D eigenvalue weighted by molar-refractivity contribution is 7.91. The van der Waals surface area contributed by atoms with Crippen molar-refractivity contribution in [1.29, 1.82) is 0 Å². The first kappa shape index (κ1) is 17.8. The molecule has 0 aromatic carbocycles. The van der Waals surface area contributed by atoms with E-state index in [2.05, 4.69) is 9.71 Å². The molecule has 2 aromatic rings. The molecule has 1 saturated heterocycles. The van der Waals surface area contributed by atoms with Crippen LogP contribution >= 0.6 is 11.3 Å². The summed E-state index contributed by atoms with van der Waals surface area (Å²) in [7, 11) is -3.51. The number of hydrogen-bond acceptors (Lipinski definition) is 5. The first-order valence-electron chi connectivity index (χ1n) is 7.92. The van der Waals surface area contributed by atoms with Crippen molar-refractivity contribution in [2.75, 3.05) is 13.1 Å². The van der Waals surface area contributed by atoms with Gasteiger partial charge in [-0.05, 0) is 43.3 Å². The topological polar surface area (TPSA) is 99.3 Å². The third-order valence-electron chi connectivity index (χ3n) is 4.15. The molecule has 1 aliphatic rings. The molecule has 0 unspecified atom stereocenters. The van der Waals surface area contributed by atoms with E-state index in [1.165, 1.54) is 17.4 Å². The van der Waals surface area contributed by atoms with Gasteiger partial charge in [-0.1, -0.05) is 6.07 Å². The van der Waals surface area contributed by atoms with Gasteiger partial charge in [0.1, 0.15) is 9.77 Å². The van der Waals surface area contributed by atoms with Crippen LogP contribution in [0.4, 0.5) is 0 Å². The van der Waals surface area contributed by atoms with Crippen LogP contribution in [0, 0.1) is 6.92 Å². The van der Waals surface area contributed by atoms with E-state index in [1.54, 1.807) is 35.4 Å². The Hall–Kier alpha value is -1.97. The van der Waals surface area contributed by atoms with Gasteiger partial charge in [0.15, 0.2) is 0 Å². The highest BCUT2D eigenvalue weighted by atomic mass is 32.2. The van der Waals surface area contributed by atoms with Gasteiger partial charge in [-0.25, -0.2) is 13.1 Å². The van der Waals surface area contributed by atoms with Crippen LogP contribution in [0.15, 0.2) is 38.6 Å².